The summed E-state index contributed by atoms with van der Waals surface area (Å²) in [6, 6.07) is 9.03. The molecular formula is C18H20F2N2O. The molecule has 3 nitrogen and oxygen atoms in total. The zero-order valence-corrected chi connectivity index (χ0v) is 13.4. The van der Waals surface area contributed by atoms with Crippen LogP contribution >= 0.6 is 0 Å². The fourth-order valence-electron chi connectivity index (χ4n) is 2.33. The first kappa shape index (κ1) is 16.9. The van der Waals surface area contributed by atoms with E-state index in [4.69, 9.17) is 0 Å². The van der Waals surface area contributed by atoms with Crippen LogP contribution in [0.1, 0.15) is 30.9 Å². The Bertz CT molecular complexity index is 714. The second kappa shape index (κ2) is 7.22. The van der Waals surface area contributed by atoms with Gasteiger partial charge in [-0.25, -0.2) is 8.78 Å². The van der Waals surface area contributed by atoms with E-state index in [0.29, 0.717) is 0 Å². The van der Waals surface area contributed by atoms with Gasteiger partial charge in [-0.15, -0.1) is 0 Å². The number of para-hydroxylation sites is 1. The highest BCUT2D eigenvalue weighted by molar-refractivity contribution is 5.95. The van der Waals surface area contributed by atoms with Crippen LogP contribution < -0.4 is 10.6 Å². The standard InChI is InChI=1S/C18H20F2N2O/c1-11(2)14-6-4-5-12(3)18(14)22-17(23)10-21-16-8-7-13(19)9-15(16)20/h4-9,11,21H,10H2,1-3H3,(H,22,23). The van der Waals surface area contributed by atoms with E-state index in [1.807, 2.05) is 25.1 Å². The average molecular weight is 318 g/mol. The van der Waals surface area contributed by atoms with E-state index >= 15 is 0 Å². The summed E-state index contributed by atoms with van der Waals surface area (Å²) in [5.74, 6) is -1.40. The van der Waals surface area contributed by atoms with Crippen molar-refractivity contribution in [3.63, 3.8) is 0 Å². The summed E-state index contributed by atoms with van der Waals surface area (Å²) in [5, 5.41) is 5.54. The maximum Gasteiger partial charge on any atom is 0.243 e. The van der Waals surface area contributed by atoms with E-state index in [2.05, 4.69) is 24.5 Å². The second-order valence-electron chi connectivity index (χ2n) is 5.72. The second-order valence-corrected chi connectivity index (χ2v) is 5.72. The molecule has 2 N–H and O–H groups in total. The van der Waals surface area contributed by atoms with Crippen molar-refractivity contribution in [1.29, 1.82) is 0 Å². The Labute approximate surface area is 134 Å². The summed E-state index contributed by atoms with van der Waals surface area (Å²) in [6.07, 6.45) is 0. The smallest absolute Gasteiger partial charge is 0.243 e. The first-order chi connectivity index (χ1) is 10.9. The highest BCUT2D eigenvalue weighted by Crippen LogP contribution is 2.27. The molecule has 2 aromatic carbocycles. The maximum absolute atomic E-state index is 13.5. The Morgan fingerprint density at radius 3 is 2.57 bits per heavy atom. The summed E-state index contributed by atoms with van der Waals surface area (Å²) < 4.78 is 26.4. The van der Waals surface area contributed by atoms with Gasteiger partial charge in [-0.3, -0.25) is 4.79 Å². The number of carbonyl (C=O) groups excluding carboxylic acids is 1. The van der Waals surface area contributed by atoms with Crippen molar-refractivity contribution in [1.82, 2.24) is 0 Å². The third kappa shape index (κ3) is 4.28. The lowest BCUT2D eigenvalue weighted by Crippen LogP contribution is -2.23. The van der Waals surface area contributed by atoms with Crippen molar-refractivity contribution in [3.8, 4) is 0 Å². The van der Waals surface area contributed by atoms with Gasteiger partial charge in [-0.05, 0) is 36.1 Å². The highest BCUT2D eigenvalue weighted by atomic mass is 19.1. The monoisotopic (exact) mass is 318 g/mol. The minimum Gasteiger partial charge on any atom is -0.374 e. The molecule has 1 amide bonds. The first-order valence-electron chi connectivity index (χ1n) is 7.46. The number of amides is 1. The van der Waals surface area contributed by atoms with Gasteiger partial charge in [0.2, 0.25) is 5.91 Å². The highest BCUT2D eigenvalue weighted by Gasteiger charge is 2.12. The van der Waals surface area contributed by atoms with Gasteiger partial charge in [0.25, 0.3) is 0 Å². The van der Waals surface area contributed by atoms with Gasteiger partial charge >= 0.3 is 0 Å². The van der Waals surface area contributed by atoms with E-state index in [1.165, 1.54) is 6.07 Å². The molecule has 5 heteroatoms. The topological polar surface area (TPSA) is 41.1 Å². The van der Waals surface area contributed by atoms with Gasteiger partial charge in [0.1, 0.15) is 11.6 Å². The van der Waals surface area contributed by atoms with Gasteiger partial charge < -0.3 is 10.6 Å². The molecule has 0 atom stereocenters. The SMILES string of the molecule is Cc1cccc(C(C)C)c1NC(=O)CNc1ccc(F)cc1F. The summed E-state index contributed by atoms with van der Waals surface area (Å²) in [5.41, 5.74) is 2.90. The van der Waals surface area contributed by atoms with Crippen LogP contribution in [0, 0.1) is 18.6 Å². The minimum atomic E-state index is -0.725. The molecule has 0 unspecified atom stereocenters. The molecular weight excluding hydrogens is 298 g/mol. The Morgan fingerprint density at radius 1 is 1.17 bits per heavy atom. The van der Waals surface area contributed by atoms with Gasteiger partial charge in [-0.1, -0.05) is 32.0 Å². The molecule has 0 aliphatic heterocycles. The largest absolute Gasteiger partial charge is 0.374 e. The summed E-state index contributed by atoms with van der Waals surface area (Å²) in [7, 11) is 0. The number of hydrogen-bond acceptors (Lipinski definition) is 2. The van der Waals surface area contributed by atoms with Crippen LogP contribution in [0.3, 0.4) is 0 Å². The molecule has 0 saturated carbocycles. The van der Waals surface area contributed by atoms with Gasteiger partial charge in [0.05, 0.1) is 12.2 Å². The van der Waals surface area contributed by atoms with Crippen molar-refractivity contribution in [2.45, 2.75) is 26.7 Å². The van der Waals surface area contributed by atoms with Crippen LogP contribution in [0.15, 0.2) is 36.4 Å². The van der Waals surface area contributed by atoms with Crippen molar-refractivity contribution < 1.29 is 13.6 Å². The van der Waals surface area contributed by atoms with Crippen molar-refractivity contribution in [2.24, 2.45) is 0 Å². The van der Waals surface area contributed by atoms with E-state index in [1.54, 1.807) is 0 Å². The lowest BCUT2D eigenvalue weighted by molar-refractivity contribution is -0.114. The normalized spacial score (nSPS) is 10.7. The molecule has 23 heavy (non-hydrogen) atoms. The van der Waals surface area contributed by atoms with Gasteiger partial charge in [0, 0.05) is 11.8 Å². The van der Waals surface area contributed by atoms with Crippen LogP contribution in [0.25, 0.3) is 0 Å². The number of hydrogen-bond donors (Lipinski definition) is 2. The van der Waals surface area contributed by atoms with Crippen LogP contribution in [0.2, 0.25) is 0 Å². The van der Waals surface area contributed by atoms with E-state index in [9.17, 15) is 13.6 Å². The Hall–Kier alpha value is -2.43. The lowest BCUT2D eigenvalue weighted by Gasteiger charge is -2.17. The molecule has 122 valence electrons. The van der Waals surface area contributed by atoms with Crippen LogP contribution in [-0.4, -0.2) is 12.5 Å². The number of rotatable bonds is 5. The fourth-order valence-corrected chi connectivity index (χ4v) is 2.33. The Morgan fingerprint density at radius 2 is 1.91 bits per heavy atom. The molecule has 0 aromatic heterocycles. The molecule has 2 aromatic rings. The number of benzene rings is 2. The average Bonchev–Trinajstić information content (AvgIpc) is 2.48. The minimum absolute atomic E-state index is 0.0930. The maximum atomic E-state index is 13.5. The molecule has 0 fully saturated rings. The fraction of sp³-hybridized carbons (Fsp3) is 0.278. The summed E-state index contributed by atoms with van der Waals surface area (Å²) in [6.45, 7) is 5.93. The van der Waals surface area contributed by atoms with Crippen molar-refractivity contribution in [2.75, 3.05) is 17.2 Å². The lowest BCUT2D eigenvalue weighted by atomic mass is 9.98. The van der Waals surface area contributed by atoms with E-state index in [0.717, 1.165) is 28.9 Å². The van der Waals surface area contributed by atoms with Gasteiger partial charge in [-0.2, -0.15) is 0 Å². The van der Waals surface area contributed by atoms with Crippen LogP contribution in [-0.2, 0) is 4.79 Å². The third-order valence-electron chi connectivity index (χ3n) is 3.56. The van der Waals surface area contributed by atoms with E-state index < -0.39 is 11.6 Å². The number of aryl methyl sites for hydroxylation is 1. The molecule has 2 rings (SSSR count). The quantitative estimate of drug-likeness (QED) is 0.855. The Kier molecular flexibility index (Phi) is 5.32. The van der Waals surface area contributed by atoms with E-state index in [-0.39, 0.29) is 24.1 Å². The number of carbonyl (C=O) groups is 1. The molecule has 0 radical (unpaired) electrons. The first-order valence-corrected chi connectivity index (χ1v) is 7.46. The molecule has 0 aliphatic rings. The molecule has 0 saturated heterocycles. The molecule has 0 heterocycles. The van der Waals surface area contributed by atoms with Crippen molar-refractivity contribution >= 4 is 17.3 Å². The predicted octanol–water partition coefficient (Wildman–Crippen LogP) is 4.45. The Balaban J connectivity index is 2.06. The van der Waals surface area contributed by atoms with Crippen LogP contribution in [0.5, 0.6) is 0 Å². The zero-order chi connectivity index (χ0) is 17.0. The van der Waals surface area contributed by atoms with Gasteiger partial charge in [0.15, 0.2) is 0 Å². The zero-order valence-electron chi connectivity index (χ0n) is 13.4. The molecule has 0 spiro atoms. The number of halogens is 2. The van der Waals surface area contributed by atoms with Crippen LogP contribution in [0.4, 0.5) is 20.2 Å². The predicted molar refractivity (Wildman–Crippen MR) is 88.7 cm³/mol. The van der Waals surface area contributed by atoms with Crippen molar-refractivity contribution in [3.05, 3.63) is 59.2 Å². The molecule has 0 bridgehead atoms. The number of anilines is 2. The number of nitrogens with one attached hydrogen (secondary N) is 2. The summed E-state index contributed by atoms with van der Waals surface area (Å²) >= 11 is 0. The summed E-state index contributed by atoms with van der Waals surface area (Å²) in [4.78, 5) is 12.1. The molecule has 0 aliphatic carbocycles. The third-order valence-corrected chi connectivity index (χ3v) is 3.56.